The van der Waals surface area contributed by atoms with E-state index in [1.807, 2.05) is 55.7 Å². The summed E-state index contributed by atoms with van der Waals surface area (Å²) in [7, 11) is 0. The van der Waals surface area contributed by atoms with Gasteiger partial charge < -0.3 is 14.0 Å². The first kappa shape index (κ1) is 18.7. The molecular weight excluding hydrogens is 345 g/mol. The van der Waals surface area contributed by atoms with Gasteiger partial charge in [0.2, 0.25) is 0 Å². The molecule has 0 radical (unpaired) electrons. The van der Waals surface area contributed by atoms with Crippen LogP contribution in [0.4, 0.5) is 4.39 Å². The topological polar surface area (TPSA) is 40.5 Å². The van der Waals surface area contributed by atoms with E-state index in [0.29, 0.717) is 11.3 Å². The summed E-state index contributed by atoms with van der Waals surface area (Å²) < 4.78 is 25.7. The molecule has 0 saturated carbocycles. The van der Waals surface area contributed by atoms with Crippen molar-refractivity contribution in [2.24, 2.45) is 0 Å². The van der Waals surface area contributed by atoms with E-state index in [9.17, 15) is 9.18 Å². The van der Waals surface area contributed by atoms with Crippen molar-refractivity contribution in [3.63, 3.8) is 0 Å². The van der Waals surface area contributed by atoms with E-state index in [4.69, 9.17) is 9.47 Å². The van der Waals surface area contributed by atoms with Crippen molar-refractivity contribution < 1.29 is 18.7 Å². The van der Waals surface area contributed by atoms with Crippen molar-refractivity contribution in [2.75, 3.05) is 13.2 Å². The van der Waals surface area contributed by atoms with Gasteiger partial charge in [-0.2, -0.15) is 0 Å². The zero-order valence-corrected chi connectivity index (χ0v) is 15.7. The minimum absolute atomic E-state index is 0.115. The molecule has 0 bridgehead atoms. The van der Waals surface area contributed by atoms with Crippen LogP contribution in [0.3, 0.4) is 0 Å². The van der Waals surface area contributed by atoms with Crippen LogP contribution in [0.15, 0.2) is 54.6 Å². The molecule has 1 aromatic heterocycles. The maximum atomic E-state index is 12.9. The van der Waals surface area contributed by atoms with Gasteiger partial charge >= 0.3 is 5.97 Å². The van der Waals surface area contributed by atoms with Crippen LogP contribution in [0.2, 0.25) is 0 Å². The van der Waals surface area contributed by atoms with Crippen LogP contribution in [-0.4, -0.2) is 23.8 Å². The van der Waals surface area contributed by atoms with Crippen LogP contribution >= 0.6 is 0 Å². The number of esters is 1. The Morgan fingerprint density at radius 3 is 2.30 bits per heavy atom. The highest BCUT2D eigenvalue weighted by atomic mass is 19.1. The molecule has 140 valence electrons. The molecule has 0 N–H and O–H groups in total. The Labute approximate surface area is 158 Å². The summed E-state index contributed by atoms with van der Waals surface area (Å²) in [5.41, 5.74) is 4.53. The van der Waals surface area contributed by atoms with Gasteiger partial charge in [-0.15, -0.1) is 0 Å². The summed E-state index contributed by atoms with van der Waals surface area (Å²) in [6, 6.07) is 15.7. The number of carbonyl (C=O) groups is 1. The molecule has 0 aliphatic rings. The number of aryl methyl sites for hydroxylation is 2. The third kappa shape index (κ3) is 4.37. The highest BCUT2D eigenvalue weighted by Crippen LogP contribution is 2.22. The summed E-state index contributed by atoms with van der Waals surface area (Å²) in [6.45, 7) is 6.22. The van der Waals surface area contributed by atoms with Crippen molar-refractivity contribution in [3.8, 4) is 11.4 Å². The molecule has 0 fully saturated rings. The molecule has 0 unspecified atom stereocenters. The normalized spacial score (nSPS) is 10.7. The van der Waals surface area contributed by atoms with Crippen molar-refractivity contribution in [3.05, 3.63) is 82.9 Å². The number of ether oxygens (including phenoxy) is 2. The molecule has 5 heteroatoms. The van der Waals surface area contributed by atoms with Crippen molar-refractivity contribution in [1.29, 1.82) is 0 Å². The number of aromatic nitrogens is 1. The van der Waals surface area contributed by atoms with Gasteiger partial charge in [0.15, 0.2) is 0 Å². The first-order valence-corrected chi connectivity index (χ1v) is 8.77. The van der Waals surface area contributed by atoms with Crippen molar-refractivity contribution in [2.45, 2.75) is 20.8 Å². The fourth-order valence-electron chi connectivity index (χ4n) is 2.96. The zero-order chi connectivity index (χ0) is 19.4. The molecular formula is C22H22FNO3. The Hall–Kier alpha value is -3.08. The largest absolute Gasteiger partial charge is 0.490 e. The molecule has 0 aliphatic carbocycles. The van der Waals surface area contributed by atoms with E-state index in [1.165, 1.54) is 29.8 Å². The van der Waals surface area contributed by atoms with Crippen LogP contribution in [0.5, 0.6) is 5.75 Å². The van der Waals surface area contributed by atoms with Crippen molar-refractivity contribution in [1.82, 2.24) is 4.57 Å². The fourth-order valence-corrected chi connectivity index (χ4v) is 2.96. The van der Waals surface area contributed by atoms with E-state index in [-0.39, 0.29) is 25.0 Å². The van der Waals surface area contributed by atoms with Gasteiger partial charge in [0.25, 0.3) is 0 Å². The van der Waals surface area contributed by atoms with E-state index >= 15 is 0 Å². The maximum Gasteiger partial charge on any atom is 0.340 e. The van der Waals surface area contributed by atoms with Gasteiger partial charge in [0, 0.05) is 17.1 Å². The molecule has 3 aromatic rings. The van der Waals surface area contributed by atoms with E-state index < -0.39 is 0 Å². The monoisotopic (exact) mass is 367 g/mol. The van der Waals surface area contributed by atoms with Crippen LogP contribution in [0.25, 0.3) is 5.69 Å². The second-order valence-corrected chi connectivity index (χ2v) is 6.39. The van der Waals surface area contributed by atoms with Gasteiger partial charge in [-0.3, -0.25) is 0 Å². The van der Waals surface area contributed by atoms with Gasteiger partial charge in [-0.1, -0.05) is 17.7 Å². The number of benzene rings is 2. The Morgan fingerprint density at radius 2 is 1.63 bits per heavy atom. The van der Waals surface area contributed by atoms with Gasteiger partial charge in [0.1, 0.15) is 24.8 Å². The molecule has 1 heterocycles. The van der Waals surface area contributed by atoms with E-state index in [2.05, 4.69) is 0 Å². The Morgan fingerprint density at radius 1 is 0.963 bits per heavy atom. The highest BCUT2D eigenvalue weighted by molar-refractivity contribution is 5.91. The van der Waals surface area contributed by atoms with Crippen LogP contribution < -0.4 is 4.74 Å². The second kappa shape index (κ2) is 8.08. The summed E-state index contributed by atoms with van der Waals surface area (Å²) in [5, 5.41) is 0. The van der Waals surface area contributed by atoms with Crippen LogP contribution in [-0.2, 0) is 4.74 Å². The molecule has 0 saturated heterocycles. The minimum atomic E-state index is -0.385. The lowest BCUT2D eigenvalue weighted by Crippen LogP contribution is -2.13. The molecule has 4 nitrogen and oxygen atoms in total. The minimum Gasteiger partial charge on any atom is -0.490 e. The Bertz CT molecular complexity index is 927. The number of hydrogen-bond acceptors (Lipinski definition) is 3. The van der Waals surface area contributed by atoms with Crippen LogP contribution in [0.1, 0.15) is 27.3 Å². The average molecular weight is 367 g/mol. The summed E-state index contributed by atoms with van der Waals surface area (Å²) in [6.07, 6.45) is 0. The quantitative estimate of drug-likeness (QED) is 0.465. The van der Waals surface area contributed by atoms with E-state index in [0.717, 1.165) is 17.1 Å². The number of nitrogens with zero attached hydrogens (tertiary/aromatic N) is 1. The van der Waals surface area contributed by atoms with Gasteiger partial charge in [-0.25, -0.2) is 9.18 Å². The fraction of sp³-hybridized carbons (Fsp3) is 0.227. The first-order valence-electron chi connectivity index (χ1n) is 8.77. The third-order valence-electron chi connectivity index (χ3n) is 4.34. The number of carbonyl (C=O) groups excluding carboxylic acids is 1. The molecule has 0 aliphatic heterocycles. The molecule has 27 heavy (non-hydrogen) atoms. The first-order chi connectivity index (χ1) is 13.0. The van der Waals surface area contributed by atoms with E-state index in [1.54, 1.807) is 0 Å². The SMILES string of the molecule is Cc1ccc(-n2c(C)cc(C(=O)OCCOc3ccc(F)cc3)c2C)cc1. The number of hydrogen-bond donors (Lipinski definition) is 0. The maximum absolute atomic E-state index is 12.9. The van der Waals surface area contributed by atoms with Crippen molar-refractivity contribution >= 4 is 5.97 Å². The Balaban J connectivity index is 1.62. The van der Waals surface area contributed by atoms with Gasteiger partial charge in [0.05, 0.1) is 5.56 Å². The third-order valence-corrected chi connectivity index (χ3v) is 4.34. The predicted octanol–water partition coefficient (Wildman–Crippen LogP) is 4.78. The van der Waals surface area contributed by atoms with Gasteiger partial charge in [-0.05, 0) is 63.2 Å². The standard InChI is InChI=1S/C22H22FNO3/c1-15-4-8-19(9-5-15)24-16(2)14-21(17(24)3)22(25)27-13-12-26-20-10-6-18(23)7-11-20/h4-11,14H,12-13H2,1-3H3. The summed E-state index contributed by atoms with van der Waals surface area (Å²) >= 11 is 0. The molecule has 0 spiro atoms. The summed E-state index contributed by atoms with van der Waals surface area (Å²) in [5.74, 6) is -0.174. The lowest BCUT2D eigenvalue weighted by atomic mass is 10.2. The Kier molecular flexibility index (Phi) is 5.60. The predicted molar refractivity (Wildman–Crippen MR) is 102 cm³/mol. The highest BCUT2D eigenvalue weighted by Gasteiger charge is 2.17. The lowest BCUT2D eigenvalue weighted by molar-refractivity contribution is 0.0449. The molecule has 0 atom stereocenters. The van der Waals surface area contributed by atoms with Crippen LogP contribution in [0, 0.1) is 26.6 Å². The average Bonchev–Trinajstić information content (AvgIpc) is 2.95. The molecule has 0 amide bonds. The lowest BCUT2D eigenvalue weighted by Gasteiger charge is -2.10. The molecule has 2 aromatic carbocycles. The number of rotatable bonds is 6. The smallest absolute Gasteiger partial charge is 0.340 e. The molecule has 3 rings (SSSR count). The second-order valence-electron chi connectivity index (χ2n) is 6.39. The zero-order valence-electron chi connectivity index (χ0n) is 15.7. The number of halogens is 1. The summed E-state index contributed by atoms with van der Waals surface area (Å²) in [4.78, 5) is 12.4.